The Balaban J connectivity index is 1.14. The molecule has 1 aromatic heterocycles. The lowest BCUT2D eigenvalue weighted by Gasteiger charge is -2.41. The zero-order chi connectivity index (χ0) is 30.8. The number of nitriles is 1. The van der Waals surface area contributed by atoms with Crippen LogP contribution >= 0.6 is 0 Å². The van der Waals surface area contributed by atoms with Gasteiger partial charge in [0.2, 0.25) is 5.91 Å². The number of amides is 1. The number of fused-ring (bicyclic) bond motifs is 2. The van der Waals surface area contributed by atoms with Gasteiger partial charge in [-0.2, -0.15) is 15.2 Å². The number of ether oxygens (including phenoxy) is 1. The Morgan fingerprint density at radius 2 is 1.87 bits per heavy atom. The van der Waals surface area contributed by atoms with Gasteiger partial charge in [0.05, 0.1) is 24.2 Å². The molecule has 2 fully saturated rings. The van der Waals surface area contributed by atoms with Crippen LogP contribution in [0.2, 0.25) is 0 Å². The van der Waals surface area contributed by atoms with Gasteiger partial charge < -0.3 is 14.5 Å². The summed E-state index contributed by atoms with van der Waals surface area (Å²) in [5.41, 5.74) is 6.33. The first kappa shape index (κ1) is 29.5. The molecule has 0 saturated carbocycles. The van der Waals surface area contributed by atoms with Gasteiger partial charge in [0, 0.05) is 56.9 Å². The van der Waals surface area contributed by atoms with Crippen LogP contribution in [0.4, 0.5) is 5.82 Å². The number of aromatic nitrogens is 2. The maximum Gasteiger partial charge on any atom is 0.318 e. The van der Waals surface area contributed by atoms with Crippen molar-refractivity contribution >= 4 is 11.7 Å². The minimum absolute atomic E-state index is 0.130. The highest BCUT2D eigenvalue weighted by Crippen LogP contribution is 2.42. The van der Waals surface area contributed by atoms with Gasteiger partial charge in [-0.05, 0) is 55.0 Å². The van der Waals surface area contributed by atoms with Crippen molar-refractivity contribution in [3.63, 3.8) is 0 Å². The number of hydrogen-bond acceptors (Lipinski definition) is 8. The first-order chi connectivity index (χ1) is 22.1. The highest BCUT2D eigenvalue weighted by Gasteiger charge is 2.37. The Hall–Kier alpha value is -4.26. The third-order valence-electron chi connectivity index (χ3n) is 10.0. The molecule has 1 unspecified atom stereocenters. The fourth-order valence-corrected chi connectivity index (χ4v) is 7.72. The van der Waals surface area contributed by atoms with E-state index in [-0.39, 0.29) is 18.4 Å². The van der Waals surface area contributed by atoms with E-state index in [1.165, 1.54) is 22.8 Å². The van der Waals surface area contributed by atoms with E-state index >= 15 is 0 Å². The van der Waals surface area contributed by atoms with Crippen LogP contribution < -0.4 is 9.64 Å². The van der Waals surface area contributed by atoms with E-state index in [1.807, 2.05) is 0 Å². The van der Waals surface area contributed by atoms with Crippen LogP contribution in [0, 0.1) is 11.3 Å². The Morgan fingerprint density at radius 1 is 1.02 bits per heavy atom. The van der Waals surface area contributed by atoms with Crippen LogP contribution in [0.25, 0.3) is 0 Å². The summed E-state index contributed by atoms with van der Waals surface area (Å²) < 4.78 is 6.44. The molecular formula is C36H41N7O2. The predicted octanol–water partition coefficient (Wildman–Crippen LogP) is 4.64. The Labute approximate surface area is 265 Å². The minimum atomic E-state index is -0.228. The summed E-state index contributed by atoms with van der Waals surface area (Å²) >= 11 is 0. The van der Waals surface area contributed by atoms with E-state index in [2.05, 4.69) is 81.9 Å². The number of piperazine rings is 1. The molecule has 4 aliphatic rings. The highest BCUT2D eigenvalue weighted by molar-refractivity contribution is 5.87. The van der Waals surface area contributed by atoms with E-state index in [4.69, 9.17) is 14.7 Å². The number of hydrogen-bond donors (Lipinski definition) is 0. The van der Waals surface area contributed by atoms with Crippen molar-refractivity contribution in [2.24, 2.45) is 0 Å². The number of rotatable bonds is 9. The molecule has 2 aromatic carbocycles. The number of nitrogens with zero attached hydrogens (tertiary/aromatic N) is 7. The van der Waals surface area contributed by atoms with Crippen LogP contribution in [-0.4, -0.2) is 75.4 Å². The van der Waals surface area contributed by atoms with E-state index in [0.29, 0.717) is 44.3 Å². The lowest BCUT2D eigenvalue weighted by molar-refractivity contribution is -0.128. The van der Waals surface area contributed by atoms with Crippen molar-refractivity contribution < 1.29 is 9.53 Å². The number of aryl methyl sites for hydroxylation is 1. The van der Waals surface area contributed by atoms with Gasteiger partial charge in [-0.3, -0.25) is 14.6 Å². The summed E-state index contributed by atoms with van der Waals surface area (Å²) in [6, 6.07) is 22.5. The maximum atomic E-state index is 12.6. The average Bonchev–Trinajstić information content (AvgIpc) is 3.82. The molecule has 232 valence electrons. The number of benzene rings is 2. The van der Waals surface area contributed by atoms with Crippen LogP contribution in [0.15, 0.2) is 67.3 Å². The fraction of sp³-hybridized carbons (Fsp3) is 0.444. The quantitative estimate of drug-likeness (QED) is 0.327. The topological polar surface area (TPSA) is 88.8 Å². The molecule has 1 amide bonds. The molecule has 0 radical (unpaired) electrons. The second kappa shape index (κ2) is 13.0. The summed E-state index contributed by atoms with van der Waals surface area (Å²) in [5, 5.41) is 9.58. The molecule has 2 saturated heterocycles. The molecule has 45 heavy (non-hydrogen) atoms. The number of likely N-dealkylation sites (tertiary alicyclic amines) is 1. The maximum absolute atomic E-state index is 12.6. The largest absolute Gasteiger partial charge is 0.462 e. The average molecular weight is 604 g/mol. The number of carbonyl (C=O) groups is 1. The molecule has 1 aliphatic carbocycles. The summed E-state index contributed by atoms with van der Waals surface area (Å²) in [6.45, 7) is 9.40. The van der Waals surface area contributed by atoms with E-state index in [9.17, 15) is 10.1 Å². The molecular weight excluding hydrogens is 562 g/mol. The van der Waals surface area contributed by atoms with Crippen molar-refractivity contribution in [2.45, 2.75) is 69.9 Å². The summed E-state index contributed by atoms with van der Waals surface area (Å²) in [5.74, 6) is 0.750. The van der Waals surface area contributed by atoms with E-state index in [0.717, 1.165) is 68.9 Å². The van der Waals surface area contributed by atoms with Gasteiger partial charge in [0.1, 0.15) is 12.4 Å². The summed E-state index contributed by atoms with van der Waals surface area (Å²) in [6.07, 6.45) is 6.05. The zero-order valence-electron chi connectivity index (χ0n) is 25.9. The standard InChI is InChI=1S/C36H41N7O2/c1-2-34(44)43-20-19-41(22-28(43)16-17-37)35-31-23-42(33-15-14-27-11-6-7-13-30(27)33)24-32(31)38-36(39-35)45-25-29-12-8-18-40(29)21-26-9-4-3-5-10-26/h2-7,9-11,13,28-29,33H,1,8,12,14-16,18-25H2/t28-,29-,33?/m0/s1. The van der Waals surface area contributed by atoms with Gasteiger partial charge in [0.25, 0.3) is 0 Å². The monoisotopic (exact) mass is 603 g/mol. The van der Waals surface area contributed by atoms with Crippen molar-refractivity contribution in [1.82, 2.24) is 24.7 Å². The molecule has 3 aromatic rings. The molecule has 3 atom stereocenters. The first-order valence-corrected chi connectivity index (χ1v) is 16.3. The lowest BCUT2D eigenvalue weighted by Crippen LogP contribution is -2.55. The van der Waals surface area contributed by atoms with Gasteiger partial charge in [-0.25, -0.2) is 0 Å². The van der Waals surface area contributed by atoms with Crippen molar-refractivity contribution in [3.8, 4) is 12.1 Å². The Bertz CT molecular complexity index is 1590. The molecule has 3 aliphatic heterocycles. The molecule has 0 bridgehead atoms. The fourth-order valence-electron chi connectivity index (χ4n) is 7.72. The van der Waals surface area contributed by atoms with Crippen LogP contribution in [0.1, 0.15) is 59.7 Å². The predicted molar refractivity (Wildman–Crippen MR) is 172 cm³/mol. The third kappa shape index (κ3) is 6.05. The second-order valence-corrected chi connectivity index (χ2v) is 12.7. The van der Waals surface area contributed by atoms with Crippen molar-refractivity contribution in [3.05, 3.63) is 95.2 Å². The molecule has 9 nitrogen and oxygen atoms in total. The summed E-state index contributed by atoms with van der Waals surface area (Å²) in [7, 11) is 0. The number of anilines is 1. The zero-order valence-corrected chi connectivity index (χ0v) is 25.9. The van der Waals surface area contributed by atoms with Crippen molar-refractivity contribution in [2.75, 3.05) is 37.7 Å². The normalized spacial score (nSPS) is 23.0. The Kier molecular flexibility index (Phi) is 8.51. The van der Waals surface area contributed by atoms with E-state index < -0.39 is 0 Å². The third-order valence-corrected chi connectivity index (χ3v) is 10.0. The lowest BCUT2D eigenvalue weighted by atomic mass is 10.1. The summed E-state index contributed by atoms with van der Waals surface area (Å²) in [4.78, 5) is 31.7. The smallest absolute Gasteiger partial charge is 0.318 e. The SMILES string of the molecule is C=CC(=O)N1CCN(c2nc(OC[C@@H]3CCCN3Cc3ccccc3)nc3c2CN(C2CCc4ccccc42)C3)C[C@@H]1CC#N. The molecule has 7 rings (SSSR count). The Morgan fingerprint density at radius 3 is 2.71 bits per heavy atom. The van der Waals surface area contributed by atoms with Crippen LogP contribution in [0.5, 0.6) is 6.01 Å². The van der Waals surface area contributed by atoms with Crippen LogP contribution in [0.3, 0.4) is 0 Å². The minimum Gasteiger partial charge on any atom is -0.462 e. The van der Waals surface area contributed by atoms with E-state index in [1.54, 1.807) is 4.90 Å². The molecule has 4 heterocycles. The molecule has 0 N–H and O–H groups in total. The van der Waals surface area contributed by atoms with Crippen molar-refractivity contribution in [1.29, 1.82) is 5.26 Å². The van der Waals surface area contributed by atoms with Gasteiger partial charge in [-0.1, -0.05) is 61.2 Å². The van der Waals surface area contributed by atoms with Crippen LogP contribution in [-0.2, 0) is 30.8 Å². The molecule has 0 spiro atoms. The first-order valence-electron chi connectivity index (χ1n) is 16.3. The molecule has 9 heteroatoms. The van der Waals surface area contributed by atoms with Gasteiger partial charge >= 0.3 is 6.01 Å². The second-order valence-electron chi connectivity index (χ2n) is 12.7. The highest BCUT2D eigenvalue weighted by atomic mass is 16.5. The van der Waals surface area contributed by atoms with Gasteiger partial charge in [0.15, 0.2) is 0 Å². The number of carbonyl (C=O) groups excluding carboxylic acids is 1. The van der Waals surface area contributed by atoms with Gasteiger partial charge in [-0.15, -0.1) is 0 Å².